The number of hydrogen-bond donors (Lipinski definition) is 2. The van der Waals surface area contributed by atoms with Crippen molar-refractivity contribution in [1.29, 1.82) is 0 Å². The maximum Gasteiger partial charge on any atom is 0.408 e. The van der Waals surface area contributed by atoms with Gasteiger partial charge in [0.2, 0.25) is 0 Å². The molecule has 0 bridgehead atoms. The number of aryl methyl sites for hydroxylation is 1. The predicted octanol–water partition coefficient (Wildman–Crippen LogP) is 3.22. The summed E-state index contributed by atoms with van der Waals surface area (Å²) >= 11 is 0. The zero-order valence-corrected chi connectivity index (χ0v) is 12.2. The van der Waals surface area contributed by atoms with Crippen LogP contribution in [-0.4, -0.2) is 33.4 Å². The van der Waals surface area contributed by atoms with Crippen LogP contribution in [0.25, 0.3) is 5.57 Å². The van der Waals surface area contributed by atoms with Crippen molar-refractivity contribution < 1.29 is 22.7 Å². The largest absolute Gasteiger partial charge is 0.408 e. The first-order chi connectivity index (χ1) is 10.2. The van der Waals surface area contributed by atoms with E-state index in [1.54, 1.807) is 6.08 Å². The molecule has 0 amide bonds. The Morgan fingerprint density at radius 3 is 2.64 bits per heavy atom. The van der Waals surface area contributed by atoms with Crippen LogP contribution in [-0.2, 0) is 0 Å². The first-order valence-corrected chi connectivity index (χ1v) is 6.95. The third-order valence-corrected chi connectivity index (χ3v) is 3.49. The molecule has 2 N–H and O–H groups in total. The normalized spacial score (nSPS) is 20.5. The first kappa shape index (κ1) is 16.7. The Morgan fingerprint density at radius 2 is 2.05 bits per heavy atom. The second-order valence-corrected chi connectivity index (χ2v) is 5.35. The van der Waals surface area contributed by atoms with Crippen LogP contribution < -0.4 is 5.32 Å². The molecule has 0 fully saturated rings. The van der Waals surface area contributed by atoms with Crippen LogP contribution in [0.5, 0.6) is 0 Å². The maximum absolute atomic E-state index is 14.0. The summed E-state index contributed by atoms with van der Waals surface area (Å²) in [6, 6.07) is -1.94. The van der Waals surface area contributed by atoms with Gasteiger partial charge in [-0.2, -0.15) is 13.2 Å². The van der Waals surface area contributed by atoms with Crippen molar-refractivity contribution in [2.45, 2.75) is 51.4 Å². The summed E-state index contributed by atoms with van der Waals surface area (Å²) in [6.45, 7) is 2.25. The molecular formula is C14H17F4N3O. The van der Waals surface area contributed by atoms with Gasteiger partial charge in [-0.25, -0.2) is 14.4 Å². The highest BCUT2D eigenvalue weighted by Crippen LogP contribution is 2.28. The van der Waals surface area contributed by atoms with Crippen molar-refractivity contribution in [2.24, 2.45) is 0 Å². The van der Waals surface area contributed by atoms with Crippen molar-refractivity contribution in [3.8, 4) is 0 Å². The Labute approximate surface area is 125 Å². The van der Waals surface area contributed by atoms with Crippen LogP contribution in [0.4, 0.5) is 23.4 Å². The van der Waals surface area contributed by atoms with Gasteiger partial charge in [0.25, 0.3) is 0 Å². The third-order valence-electron chi connectivity index (χ3n) is 3.49. The predicted molar refractivity (Wildman–Crippen MR) is 73.7 cm³/mol. The molecule has 0 spiro atoms. The van der Waals surface area contributed by atoms with Gasteiger partial charge in [-0.1, -0.05) is 0 Å². The Morgan fingerprint density at radius 1 is 1.36 bits per heavy atom. The minimum Gasteiger partial charge on any atom is -0.389 e. The minimum atomic E-state index is -4.51. The summed E-state index contributed by atoms with van der Waals surface area (Å²) in [7, 11) is 0. The number of aliphatic hydroxyl groups excluding tert-OH is 1. The molecule has 0 radical (unpaired) electrons. The smallest absolute Gasteiger partial charge is 0.389 e. The van der Waals surface area contributed by atoms with Crippen LogP contribution in [0.3, 0.4) is 0 Å². The number of aliphatic hydroxyl groups is 1. The Hall–Kier alpha value is -1.70. The van der Waals surface area contributed by atoms with E-state index < -0.39 is 30.0 Å². The average Bonchev–Trinajstić information content (AvgIpc) is 2.42. The number of halogens is 4. The van der Waals surface area contributed by atoms with Crippen LogP contribution >= 0.6 is 0 Å². The lowest BCUT2D eigenvalue weighted by molar-refractivity contribution is -0.138. The highest BCUT2D eigenvalue weighted by atomic mass is 19.4. The molecule has 0 aromatic carbocycles. The van der Waals surface area contributed by atoms with Crippen molar-refractivity contribution in [2.75, 3.05) is 5.32 Å². The molecule has 1 aromatic heterocycles. The van der Waals surface area contributed by atoms with E-state index in [1.165, 1.54) is 6.92 Å². The summed E-state index contributed by atoms with van der Waals surface area (Å²) in [6.07, 6.45) is -1.66. The van der Waals surface area contributed by atoms with Gasteiger partial charge in [0, 0.05) is 0 Å². The molecule has 1 aliphatic carbocycles. The molecule has 4 nitrogen and oxygen atoms in total. The van der Waals surface area contributed by atoms with Crippen LogP contribution in [0.15, 0.2) is 6.08 Å². The van der Waals surface area contributed by atoms with Gasteiger partial charge < -0.3 is 10.4 Å². The van der Waals surface area contributed by atoms with E-state index in [1.807, 2.05) is 5.32 Å². The molecule has 1 heterocycles. The van der Waals surface area contributed by atoms with E-state index in [4.69, 9.17) is 0 Å². The summed E-state index contributed by atoms with van der Waals surface area (Å²) in [5, 5.41) is 11.7. The van der Waals surface area contributed by atoms with Gasteiger partial charge >= 0.3 is 6.18 Å². The fraction of sp³-hybridized carbons (Fsp3) is 0.571. The quantitative estimate of drug-likeness (QED) is 0.840. The second-order valence-electron chi connectivity index (χ2n) is 5.35. The van der Waals surface area contributed by atoms with Crippen LogP contribution in [0.1, 0.15) is 37.7 Å². The molecule has 1 aromatic rings. The van der Waals surface area contributed by atoms with Gasteiger partial charge in [-0.15, -0.1) is 0 Å². The minimum absolute atomic E-state index is 0.0390. The molecule has 8 heteroatoms. The zero-order valence-electron chi connectivity index (χ0n) is 12.2. The maximum atomic E-state index is 14.0. The van der Waals surface area contributed by atoms with E-state index in [0.717, 1.165) is 6.92 Å². The van der Waals surface area contributed by atoms with E-state index in [-0.39, 0.29) is 11.5 Å². The lowest BCUT2D eigenvalue weighted by atomic mass is 9.97. The second kappa shape index (κ2) is 6.20. The van der Waals surface area contributed by atoms with Gasteiger partial charge in [0.05, 0.1) is 11.8 Å². The topological polar surface area (TPSA) is 58.0 Å². The number of allylic oxidation sites excluding steroid dienone is 1. The van der Waals surface area contributed by atoms with Gasteiger partial charge in [0.1, 0.15) is 6.04 Å². The molecule has 2 atom stereocenters. The number of nitrogens with zero attached hydrogens (tertiary/aromatic N) is 2. The monoisotopic (exact) mass is 319 g/mol. The standard InChI is InChI=1S/C14H17F4N3O/c1-7-11(15)13(20-8(2)14(16,17)18)21-12(19-7)9-4-3-5-10(22)6-9/h6,8,10,22H,3-5H2,1-2H3,(H,19,20,21)/t8-,10?/m1/s1. The summed E-state index contributed by atoms with van der Waals surface area (Å²) in [5.41, 5.74) is 0.576. The molecule has 1 aliphatic rings. The molecule has 1 unspecified atom stereocenters. The van der Waals surface area contributed by atoms with Crippen LogP contribution in [0.2, 0.25) is 0 Å². The fourth-order valence-electron chi connectivity index (χ4n) is 2.17. The SMILES string of the molecule is Cc1nc(C2=CC(O)CCC2)nc(N[C@H](C)C(F)(F)F)c1F. The fourth-order valence-corrected chi connectivity index (χ4v) is 2.17. The number of rotatable bonds is 3. The average molecular weight is 319 g/mol. The van der Waals surface area contributed by atoms with Gasteiger partial charge in [0.15, 0.2) is 17.5 Å². The van der Waals surface area contributed by atoms with Gasteiger partial charge in [-0.05, 0) is 44.8 Å². The van der Waals surface area contributed by atoms with Crippen molar-refractivity contribution >= 4 is 11.4 Å². The van der Waals surface area contributed by atoms with E-state index >= 15 is 0 Å². The molecule has 0 saturated carbocycles. The van der Waals surface area contributed by atoms with Gasteiger partial charge in [-0.3, -0.25) is 0 Å². The molecule has 0 saturated heterocycles. The highest BCUT2D eigenvalue weighted by molar-refractivity contribution is 5.62. The zero-order chi connectivity index (χ0) is 16.5. The summed E-state index contributed by atoms with van der Waals surface area (Å²) < 4.78 is 51.8. The lowest BCUT2D eigenvalue weighted by Gasteiger charge is -2.20. The number of anilines is 1. The number of nitrogens with one attached hydrogen (secondary N) is 1. The van der Waals surface area contributed by atoms with E-state index in [2.05, 4.69) is 9.97 Å². The number of aromatic nitrogens is 2. The van der Waals surface area contributed by atoms with E-state index in [0.29, 0.717) is 24.8 Å². The molecule has 22 heavy (non-hydrogen) atoms. The molecule has 122 valence electrons. The number of hydrogen-bond acceptors (Lipinski definition) is 4. The Balaban J connectivity index is 2.35. The van der Waals surface area contributed by atoms with Crippen molar-refractivity contribution in [1.82, 2.24) is 9.97 Å². The first-order valence-electron chi connectivity index (χ1n) is 6.95. The highest BCUT2D eigenvalue weighted by Gasteiger charge is 2.37. The Kier molecular flexibility index (Phi) is 4.69. The molecular weight excluding hydrogens is 302 g/mol. The molecule has 0 aliphatic heterocycles. The van der Waals surface area contributed by atoms with Crippen LogP contribution in [0, 0.1) is 12.7 Å². The third kappa shape index (κ3) is 3.73. The summed E-state index contributed by atoms with van der Waals surface area (Å²) in [4.78, 5) is 7.84. The lowest BCUT2D eigenvalue weighted by Crippen LogP contribution is -2.34. The molecule has 2 rings (SSSR count). The Bertz CT molecular complexity index is 586. The number of alkyl halides is 3. The van der Waals surface area contributed by atoms with E-state index in [9.17, 15) is 22.7 Å². The summed E-state index contributed by atoms with van der Waals surface area (Å²) in [5.74, 6) is -1.24. The van der Waals surface area contributed by atoms with Crippen molar-refractivity contribution in [3.63, 3.8) is 0 Å². The van der Waals surface area contributed by atoms with Crippen molar-refractivity contribution in [3.05, 3.63) is 23.4 Å².